The minimum absolute atomic E-state index is 0.726. The number of aromatic nitrogens is 3. The van der Waals surface area contributed by atoms with E-state index in [1.54, 1.807) is 11.3 Å². The van der Waals surface area contributed by atoms with Crippen molar-refractivity contribution in [2.24, 2.45) is 0 Å². The van der Waals surface area contributed by atoms with Crippen LogP contribution in [0.4, 0.5) is 0 Å². The standard InChI is InChI=1S/C13H13ClN4S2/c1-16(8-10-5-6-11(14)20-10)9-18-13(19)17-7-3-2-4-12(17)15-18/h2-7H,8-9H2,1H3/p+1. The SMILES string of the molecule is C[NH+](Cc1ccc(Cl)s1)Cn1nc2ccccn2c1=S. The summed E-state index contributed by atoms with van der Waals surface area (Å²) in [4.78, 5) is 2.57. The summed E-state index contributed by atoms with van der Waals surface area (Å²) >= 11 is 13.0. The highest BCUT2D eigenvalue weighted by atomic mass is 35.5. The van der Waals surface area contributed by atoms with Crippen molar-refractivity contribution in [1.82, 2.24) is 14.2 Å². The van der Waals surface area contributed by atoms with Gasteiger partial charge in [0.05, 0.1) is 16.3 Å². The maximum atomic E-state index is 5.95. The maximum Gasteiger partial charge on any atom is 0.207 e. The fourth-order valence-corrected chi connectivity index (χ4v) is 3.59. The van der Waals surface area contributed by atoms with Crippen LogP contribution in [-0.4, -0.2) is 21.2 Å². The molecule has 0 aliphatic heterocycles. The van der Waals surface area contributed by atoms with Crippen LogP contribution < -0.4 is 4.90 Å². The van der Waals surface area contributed by atoms with Crippen molar-refractivity contribution in [1.29, 1.82) is 0 Å². The third-order valence-electron chi connectivity index (χ3n) is 3.01. The van der Waals surface area contributed by atoms with Crippen molar-refractivity contribution in [2.75, 3.05) is 7.05 Å². The third kappa shape index (κ3) is 2.78. The summed E-state index contributed by atoms with van der Waals surface area (Å²) in [7, 11) is 2.12. The summed E-state index contributed by atoms with van der Waals surface area (Å²) in [5.41, 5.74) is 0.879. The van der Waals surface area contributed by atoms with E-state index in [4.69, 9.17) is 23.8 Å². The molecule has 0 aliphatic rings. The zero-order chi connectivity index (χ0) is 14.1. The number of halogens is 1. The normalized spacial score (nSPS) is 12.9. The summed E-state index contributed by atoms with van der Waals surface area (Å²) in [6.07, 6.45) is 1.94. The van der Waals surface area contributed by atoms with Gasteiger partial charge < -0.3 is 4.90 Å². The van der Waals surface area contributed by atoms with Gasteiger partial charge in [0, 0.05) is 6.20 Å². The van der Waals surface area contributed by atoms with E-state index >= 15 is 0 Å². The highest BCUT2D eigenvalue weighted by Crippen LogP contribution is 2.20. The first-order chi connectivity index (χ1) is 9.63. The van der Waals surface area contributed by atoms with E-state index in [9.17, 15) is 0 Å². The second-order valence-electron chi connectivity index (χ2n) is 4.71. The molecule has 7 heteroatoms. The van der Waals surface area contributed by atoms with Crippen LogP contribution in [0, 0.1) is 4.77 Å². The smallest absolute Gasteiger partial charge is 0.207 e. The van der Waals surface area contributed by atoms with Crippen molar-refractivity contribution in [3.8, 4) is 0 Å². The lowest BCUT2D eigenvalue weighted by atomic mass is 10.4. The molecule has 1 unspecified atom stereocenters. The van der Waals surface area contributed by atoms with Crippen LogP contribution >= 0.6 is 35.2 Å². The molecule has 3 rings (SSSR count). The van der Waals surface area contributed by atoms with Crippen LogP contribution in [0.5, 0.6) is 0 Å². The Labute approximate surface area is 130 Å². The minimum Gasteiger partial charge on any atom is -0.314 e. The first kappa shape index (κ1) is 13.8. The molecule has 1 N–H and O–H groups in total. The lowest BCUT2D eigenvalue weighted by molar-refractivity contribution is -0.917. The molecule has 3 heterocycles. The van der Waals surface area contributed by atoms with Gasteiger partial charge in [0.1, 0.15) is 6.54 Å². The van der Waals surface area contributed by atoms with Crippen molar-refractivity contribution >= 4 is 40.8 Å². The van der Waals surface area contributed by atoms with Crippen LogP contribution in [0.1, 0.15) is 4.88 Å². The van der Waals surface area contributed by atoms with Gasteiger partial charge in [-0.25, -0.2) is 0 Å². The van der Waals surface area contributed by atoms with Gasteiger partial charge in [-0.1, -0.05) is 17.7 Å². The van der Waals surface area contributed by atoms with Crippen LogP contribution in [0.25, 0.3) is 5.65 Å². The summed E-state index contributed by atoms with van der Waals surface area (Å²) in [6.45, 7) is 1.64. The van der Waals surface area contributed by atoms with Crippen molar-refractivity contribution < 1.29 is 4.90 Å². The molecule has 0 amide bonds. The topological polar surface area (TPSA) is 26.7 Å². The average molecular weight is 326 g/mol. The number of quaternary nitrogens is 1. The summed E-state index contributed by atoms with van der Waals surface area (Å²) in [5.74, 6) is 0. The van der Waals surface area contributed by atoms with E-state index in [1.807, 2.05) is 39.5 Å². The first-order valence-corrected chi connectivity index (χ1v) is 7.83. The minimum atomic E-state index is 0.726. The second kappa shape index (κ2) is 5.65. The Morgan fingerprint density at radius 3 is 2.90 bits per heavy atom. The highest BCUT2D eigenvalue weighted by Gasteiger charge is 2.10. The molecular formula is C13H14ClN4S2+. The molecule has 0 fully saturated rings. The number of nitrogens with zero attached hydrogens (tertiary/aromatic N) is 3. The number of rotatable bonds is 4. The van der Waals surface area contributed by atoms with Gasteiger partial charge in [0.25, 0.3) is 0 Å². The maximum absolute atomic E-state index is 5.95. The zero-order valence-electron chi connectivity index (χ0n) is 10.9. The number of hydrogen-bond acceptors (Lipinski definition) is 3. The van der Waals surface area contributed by atoms with Crippen LogP contribution in [0.2, 0.25) is 4.34 Å². The Balaban J connectivity index is 1.79. The van der Waals surface area contributed by atoms with Gasteiger partial charge in [0.2, 0.25) is 4.77 Å². The number of nitrogens with one attached hydrogen (secondary N) is 1. The Kier molecular flexibility index (Phi) is 3.89. The largest absolute Gasteiger partial charge is 0.314 e. The molecule has 0 bridgehead atoms. The monoisotopic (exact) mass is 325 g/mol. The summed E-state index contributed by atoms with van der Waals surface area (Å²) in [6, 6.07) is 9.89. The Bertz CT molecular complexity index is 789. The van der Waals surface area contributed by atoms with Gasteiger partial charge in [-0.2, -0.15) is 4.68 Å². The Hall–Kier alpha value is -1.21. The molecule has 0 aromatic carbocycles. The van der Waals surface area contributed by atoms with Gasteiger partial charge in [-0.3, -0.25) is 4.40 Å². The van der Waals surface area contributed by atoms with E-state index in [0.29, 0.717) is 0 Å². The van der Waals surface area contributed by atoms with Crippen LogP contribution in [0.15, 0.2) is 36.5 Å². The molecule has 0 radical (unpaired) electrons. The number of fused-ring (bicyclic) bond motifs is 1. The second-order valence-corrected chi connectivity index (χ2v) is 6.87. The predicted octanol–water partition coefficient (Wildman–Crippen LogP) is 2.25. The zero-order valence-corrected chi connectivity index (χ0v) is 13.3. The Morgan fingerprint density at radius 1 is 1.35 bits per heavy atom. The Morgan fingerprint density at radius 2 is 2.20 bits per heavy atom. The van der Waals surface area contributed by atoms with Gasteiger partial charge in [-0.15, -0.1) is 16.4 Å². The number of hydrogen-bond donors (Lipinski definition) is 1. The molecule has 0 saturated heterocycles. The van der Waals surface area contributed by atoms with Crippen LogP contribution in [-0.2, 0) is 13.2 Å². The predicted molar refractivity (Wildman–Crippen MR) is 83.9 cm³/mol. The van der Waals surface area contributed by atoms with Crippen molar-refractivity contribution in [3.05, 3.63) is 50.5 Å². The summed E-state index contributed by atoms with van der Waals surface area (Å²) < 4.78 is 5.35. The van der Waals surface area contributed by atoms with Gasteiger partial charge >= 0.3 is 0 Å². The lowest BCUT2D eigenvalue weighted by Crippen LogP contribution is -3.06. The molecule has 3 aromatic heterocycles. The molecule has 3 aromatic rings. The number of pyridine rings is 1. The molecule has 0 saturated carbocycles. The fourth-order valence-electron chi connectivity index (χ4n) is 2.13. The van der Waals surface area contributed by atoms with Gasteiger partial charge in [-0.05, 0) is 36.5 Å². The van der Waals surface area contributed by atoms with E-state index in [-0.39, 0.29) is 0 Å². The van der Waals surface area contributed by atoms with E-state index < -0.39 is 0 Å². The number of thiophene rings is 1. The molecule has 0 spiro atoms. The first-order valence-electron chi connectivity index (χ1n) is 6.23. The van der Waals surface area contributed by atoms with E-state index in [1.165, 1.54) is 9.78 Å². The molecular weight excluding hydrogens is 312 g/mol. The molecule has 104 valence electrons. The fraction of sp³-hybridized carbons (Fsp3) is 0.231. The summed E-state index contributed by atoms with van der Waals surface area (Å²) in [5, 5.41) is 4.53. The van der Waals surface area contributed by atoms with E-state index in [0.717, 1.165) is 28.0 Å². The van der Waals surface area contributed by atoms with Crippen LogP contribution in [0.3, 0.4) is 0 Å². The van der Waals surface area contributed by atoms with Crippen molar-refractivity contribution in [2.45, 2.75) is 13.2 Å². The highest BCUT2D eigenvalue weighted by molar-refractivity contribution is 7.71. The van der Waals surface area contributed by atoms with E-state index in [2.05, 4.69) is 18.2 Å². The molecule has 1 atom stereocenters. The quantitative estimate of drug-likeness (QED) is 0.745. The average Bonchev–Trinajstić information content (AvgIpc) is 2.95. The molecule has 0 aliphatic carbocycles. The third-order valence-corrected chi connectivity index (χ3v) is 4.65. The lowest BCUT2D eigenvalue weighted by Gasteiger charge is -2.12. The van der Waals surface area contributed by atoms with Crippen molar-refractivity contribution in [3.63, 3.8) is 0 Å². The van der Waals surface area contributed by atoms with Gasteiger partial charge in [0.15, 0.2) is 12.3 Å². The molecule has 20 heavy (non-hydrogen) atoms. The molecule has 4 nitrogen and oxygen atoms in total.